The number of nitrogens with two attached hydrogens (primary N) is 1. The Morgan fingerprint density at radius 3 is 2.74 bits per heavy atom. The van der Waals surface area contributed by atoms with Crippen molar-refractivity contribution in [3.8, 4) is 5.75 Å². The molecule has 0 saturated carbocycles. The Hall–Kier alpha value is -3.10. The Kier molecular flexibility index (Phi) is 5.58. The summed E-state index contributed by atoms with van der Waals surface area (Å²) in [4.78, 5) is 15.7. The number of amidine groups is 1. The lowest BCUT2D eigenvalue weighted by Gasteiger charge is -2.11. The van der Waals surface area contributed by atoms with Crippen molar-refractivity contribution in [3.63, 3.8) is 0 Å². The van der Waals surface area contributed by atoms with Crippen LogP contribution in [-0.2, 0) is 4.79 Å². The van der Waals surface area contributed by atoms with E-state index in [-0.39, 0.29) is 13.2 Å². The first-order valence-corrected chi connectivity index (χ1v) is 8.49. The van der Waals surface area contributed by atoms with Gasteiger partial charge >= 0.3 is 0 Å². The smallest absolute Gasteiger partial charge is 0.271 e. The molecule has 0 aromatic heterocycles. The van der Waals surface area contributed by atoms with Crippen LogP contribution in [0.4, 0.5) is 5.69 Å². The number of hydroxylamine groups is 1. The summed E-state index contributed by atoms with van der Waals surface area (Å²) in [5.74, 6) is 5.61. The van der Waals surface area contributed by atoms with Crippen molar-refractivity contribution in [2.75, 3.05) is 20.2 Å². The van der Waals surface area contributed by atoms with Gasteiger partial charge in [-0.1, -0.05) is 11.6 Å². The summed E-state index contributed by atoms with van der Waals surface area (Å²) in [5.41, 5.74) is 4.41. The zero-order valence-electron chi connectivity index (χ0n) is 14.5. The predicted octanol–water partition coefficient (Wildman–Crippen LogP) is 1.32. The highest BCUT2D eigenvalue weighted by Crippen LogP contribution is 2.28. The Morgan fingerprint density at radius 1 is 1.33 bits per heavy atom. The van der Waals surface area contributed by atoms with Crippen molar-refractivity contribution >= 4 is 34.7 Å². The van der Waals surface area contributed by atoms with E-state index in [4.69, 9.17) is 22.2 Å². The van der Waals surface area contributed by atoms with E-state index in [0.29, 0.717) is 39.1 Å². The molecule has 27 heavy (non-hydrogen) atoms. The van der Waals surface area contributed by atoms with Crippen LogP contribution in [0.2, 0.25) is 5.02 Å². The van der Waals surface area contributed by atoms with E-state index in [1.54, 1.807) is 49.5 Å². The summed E-state index contributed by atoms with van der Waals surface area (Å²) in [6, 6.07) is 12.1. The van der Waals surface area contributed by atoms with Crippen LogP contribution < -0.4 is 21.3 Å². The highest BCUT2D eigenvalue weighted by molar-refractivity contribution is 6.31. The van der Waals surface area contributed by atoms with Gasteiger partial charge in [0.15, 0.2) is 12.4 Å². The van der Waals surface area contributed by atoms with Gasteiger partial charge in [0.1, 0.15) is 5.75 Å². The molecule has 0 fully saturated rings. The van der Waals surface area contributed by atoms with Gasteiger partial charge in [-0.3, -0.25) is 10.2 Å². The van der Waals surface area contributed by atoms with Crippen LogP contribution in [0.3, 0.4) is 0 Å². The monoisotopic (exact) mass is 387 g/mol. The number of aliphatic imine (C=N–C) groups is 1. The number of hydrogen-bond acceptors (Lipinski definition) is 6. The molecular weight excluding hydrogens is 370 g/mol. The van der Waals surface area contributed by atoms with Crippen molar-refractivity contribution in [1.82, 2.24) is 10.7 Å². The van der Waals surface area contributed by atoms with Crippen LogP contribution in [0.25, 0.3) is 0 Å². The number of nitrogens with zero attached hydrogens (tertiary/aromatic N) is 2. The number of likely N-dealkylation sites (N-methyl/N-ethyl adjacent to an activating group) is 1. The van der Waals surface area contributed by atoms with Gasteiger partial charge in [-0.05, 0) is 42.5 Å². The second kappa shape index (κ2) is 8.07. The van der Waals surface area contributed by atoms with Gasteiger partial charge in [-0.25, -0.2) is 10.8 Å². The fourth-order valence-electron chi connectivity index (χ4n) is 2.66. The topological polar surface area (TPSA) is 115 Å². The number of ether oxygens (including phenoxy) is 1. The molecule has 0 unspecified atom stereocenters. The van der Waals surface area contributed by atoms with Gasteiger partial charge in [0, 0.05) is 17.6 Å². The molecule has 140 valence electrons. The first kappa shape index (κ1) is 18.7. The van der Waals surface area contributed by atoms with Gasteiger partial charge in [0.25, 0.3) is 5.91 Å². The third-order valence-corrected chi connectivity index (χ3v) is 4.19. The van der Waals surface area contributed by atoms with Crippen molar-refractivity contribution in [1.29, 1.82) is 0 Å². The highest BCUT2D eigenvalue weighted by atomic mass is 35.5. The second-order valence-corrected chi connectivity index (χ2v) is 6.17. The third kappa shape index (κ3) is 4.18. The number of carbonyl (C=O) groups excluding carboxylic acids is 1. The number of benzene rings is 2. The molecule has 0 aliphatic carbocycles. The summed E-state index contributed by atoms with van der Waals surface area (Å²) < 4.78 is 6.20. The van der Waals surface area contributed by atoms with Crippen LogP contribution in [0.15, 0.2) is 47.5 Å². The number of hydrogen-bond donors (Lipinski definition) is 3. The van der Waals surface area contributed by atoms with E-state index in [2.05, 4.69) is 10.3 Å². The quantitative estimate of drug-likeness (QED) is 0.240. The van der Waals surface area contributed by atoms with Gasteiger partial charge in [-0.2, -0.15) is 4.74 Å². The summed E-state index contributed by atoms with van der Waals surface area (Å²) >= 11 is 6.14. The molecule has 1 aliphatic rings. The van der Waals surface area contributed by atoms with E-state index < -0.39 is 5.91 Å². The molecule has 1 aliphatic heterocycles. The Labute approximate surface area is 160 Å². The molecule has 2 aromatic rings. The minimum atomic E-state index is -0.441. The van der Waals surface area contributed by atoms with Gasteiger partial charge < -0.3 is 15.3 Å². The van der Waals surface area contributed by atoms with E-state index >= 15 is 0 Å². The van der Waals surface area contributed by atoms with Crippen LogP contribution in [-0.4, -0.2) is 42.4 Å². The molecule has 0 spiro atoms. The number of fused-ring (bicyclic) bond motifs is 1. The summed E-state index contributed by atoms with van der Waals surface area (Å²) in [7, 11) is 1.72. The lowest BCUT2D eigenvalue weighted by Crippen LogP contribution is -2.34. The number of amides is 1. The van der Waals surface area contributed by atoms with Crippen LogP contribution in [0.5, 0.6) is 5.75 Å². The SMILES string of the molecule is CNC1=Nc2ccc(Cl)cc2C(c2ccc(OCC(=O)NN)cc2)=[N+]([O-])C1. The molecular formula is C18H18ClN5O3. The van der Waals surface area contributed by atoms with E-state index in [1.165, 1.54) is 0 Å². The van der Waals surface area contributed by atoms with Gasteiger partial charge in [0.2, 0.25) is 12.3 Å². The van der Waals surface area contributed by atoms with Crippen molar-refractivity contribution in [3.05, 3.63) is 63.8 Å². The molecule has 0 atom stereocenters. The zero-order chi connectivity index (χ0) is 19.4. The molecule has 1 amide bonds. The summed E-state index contributed by atoms with van der Waals surface area (Å²) in [6.45, 7) is -0.120. The Balaban J connectivity index is 1.98. The Bertz CT molecular complexity index is 925. The molecule has 1 heterocycles. The molecule has 9 heteroatoms. The molecule has 8 nitrogen and oxygen atoms in total. The molecule has 2 aromatic carbocycles. The van der Waals surface area contributed by atoms with Gasteiger partial charge in [-0.15, -0.1) is 0 Å². The number of hydrazine groups is 1. The second-order valence-electron chi connectivity index (χ2n) is 5.74. The minimum absolute atomic E-state index is 0.0764. The molecule has 0 saturated heterocycles. The zero-order valence-corrected chi connectivity index (χ0v) is 15.3. The largest absolute Gasteiger partial charge is 0.623 e. The van der Waals surface area contributed by atoms with Crippen molar-refractivity contribution in [2.24, 2.45) is 10.8 Å². The first-order valence-electron chi connectivity index (χ1n) is 8.11. The Morgan fingerprint density at radius 2 is 2.07 bits per heavy atom. The number of halogens is 1. The average molecular weight is 388 g/mol. The molecule has 0 radical (unpaired) electrons. The molecule has 4 N–H and O–H groups in total. The van der Waals surface area contributed by atoms with Gasteiger partial charge in [0.05, 0.1) is 11.3 Å². The number of nitrogens with one attached hydrogen (secondary N) is 2. The fraction of sp³-hybridized carbons (Fsp3) is 0.167. The summed E-state index contributed by atoms with van der Waals surface area (Å²) in [5, 5.41) is 16.3. The lowest BCUT2D eigenvalue weighted by atomic mass is 10.0. The maximum atomic E-state index is 12.8. The highest BCUT2D eigenvalue weighted by Gasteiger charge is 2.24. The van der Waals surface area contributed by atoms with Crippen LogP contribution in [0.1, 0.15) is 11.1 Å². The van der Waals surface area contributed by atoms with Crippen LogP contribution in [0, 0.1) is 5.21 Å². The van der Waals surface area contributed by atoms with E-state index in [0.717, 1.165) is 4.74 Å². The van der Waals surface area contributed by atoms with E-state index in [9.17, 15) is 10.0 Å². The molecule has 3 rings (SSSR count). The normalized spacial score (nSPS) is 13.4. The lowest BCUT2D eigenvalue weighted by molar-refractivity contribution is -0.439. The fourth-order valence-corrected chi connectivity index (χ4v) is 2.83. The van der Waals surface area contributed by atoms with E-state index in [1.807, 2.05) is 5.43 Å². The predicted molar refractivity (Wildman–Crippen MR) is 104 cm³/mol. The first-order chi connectivity index (χ1) is 13.0. The minimum Gasteiger partial charge on any atom is -0.623 e. The average Bonchev–Trinajstić information content (AvgIpc) is 2.81. The maximum Gasteiger partial charge on any atom is 0.271 e. The van der Waals surface area contributed by atoms with Crippen molar-refractivity contribution in [2.45, 2.75) is 0 Å². The molecule has 0 bridgehead atoms. The number of rotatable bonds is 4. The third-order valence-electron chi connectivity index (χ3n) is 3.96. The summed E-state index contributed by atoms with van der Waals surface area (Å²) in [6.07, 6.45) is 0. The van der Waals surface area contributed by atoms with Crippen molar-refractivity contribution < 1.29 is 14.3 Å². The number of carbonyl (C=O) groups is 1. The van der Waals surface area contributed by atoms with Crippen LogP contribution >= 0.6 is 11.6 Å². The maximum absolute atomic E-state index is 12.8. The standard InChI is InChI=1S/C18H18ClN5O3/c1-21-16-9-24(26)18(14-8-12(19)4-7-15(14)22-16)11-2-5-13(6-3-11)27-10-17(25)23-20/h2-8H,9-10,20H2,1H3,(H,21,22)(H,23,25).